The van der Waals surface area contributed by atoms with Gasteiger partial charge in [0.1, 0.15) is 17.2 Å². The summed E-state index contributed by atoms with van der Waals surface area (Å²) in [6.45, 7) is 6.94. The molecule has 0 saturated carbocycles. The number of carbonyl (C=O) groups is 4. The predicted molar refractivity (Wildman–Crippen MR) is 80.4 cm³/mol. The Hall–Kier alpha value is -1.72. The number of aliphatic carboxylic acids is 1. The summed E-state index contributed by atoms with van der Waals surface area (Å²) >= 11 is 0. The lowest BCUT2D eigenvalue weighted by Crippen LogP contribution is -2.25. The highest BCUT2D eigenvalue weighted by atomic mass is 16.5. The maximum atomic E-state index is 11.7. The van der Waals surface area contributed by atoms with Gasteiger partial charge in [0.2, 0.25) is 0 Å². The zero-order chi connectivity index (χ0) is 17.4. The van der Waals surface area contributed by atoms with Crippen LogP contribution in [0.1, 0.15) is 66.2 Å². The zero-order valence-electron chi connectivity index (χ0n) is 13.8. The summed E-state index contributed by atoms with van der Waals surface area (Å²) in [5.74, 6) is -1.10. The second-order valence-electron chi connectivity index (χ2n) is 6.74. The second-order valence-corrected chi connectivity index (χ2v) is 6.74. The Bertz CT molecular complexity index is 422. The largest absolute Gasteiger partial charge is 0.481 e. The topological polar surface area (TPSA) is 97.7 Å². The van der Waals surface area contributed by atoms with E-state index < -0.39 is 17.0 Å². The quantitative estimate of drug-likeness (QED) is 0.556. The summed E-state index contributed by atoms with van der Waals surface area (Å²) in [4.78, 5) is 44.6. The van der Waals surface area contributed by atoms with Gasteiger partial charge < -0.3 is 9.84 Å². The lowest BCUT2D eigenvalue weighted by atomic mass is 9.86. The Morgan fingerprint density at radius 1 is 0.909 bits per heavy atom. The Morgan fingerprint density at radius 3 is 1.77 bits per heavy atom. The van der Waals surface area contributed by atoms with Gasteiger partial charge in [-0.1, -0.05) is 0 Å². The van der Waals surface area contributed by atoms with Crippen LogP contribution < -0.4 is 0 Å². The van der Waals surface area contributed by atoms with Crippen molar-refractivity contribution in [2.24, 2.45) is 5.41 Å². The van der Waals surface area contributed by atoms with E-state index in [-0.39, 0.29) is 43.7 Å². The molecular formula is C16H26O6. The van der Waals surface area contributed by atoms with E-state index in [9.17, 15) is 19.2 Å². The van der Waals surface area contributed by atoms with Crippen LogP contribution in [0.5, 0.6) is 0 Å². The molecule has 6 nitrogen and oxygen atoms in total. The van der Waals surface area contributed by atoms with Gasteiger partial charge in [-0.3, -0.25) is 19.2 Å². The van der Waals surface area contributed by atoms with E-state index in [4.69, 9.17) is 9.84 Å². The Morgan fingerprint density at radius 2 is 1.36 bits per heavy atom. The highest BCUT2D eigenvalue weighted by Gasteiger charge is 2.27. The van der Waals surface area contributed by atoms with Crippen LogP contribution in [0.3, 0.4) is 0 Å². The summed E-state index contributed by atoms with van der Waals surface area (Å²) in [5, 5.41) is 8.96. The molecule has 0 aliphatic heterocycles. The molecule has 0 bridgehead atoms. The van der Waals surface area contributed by atoms with Gasteiger partial charge in [-0.2, -0.15) is 0 Å². The van der Waals surface area contributed by atoms with Crippen molar-refractivity contribution in [1.29, 1.82) is 0 Å². The van der Waals surface area contributed by atoms with E-state index in [0.29, 0.717) is 12.9 Å². The summed E-state index contributed by atoms with van der Waals surface area (Å²) in [5.41, 5.74) is -1.62. The number of ether oxygens (including phenoxy) is 1. The third-order valence-corrected chi connectivity index (χ3v) is 3.66. The molecule has 6 heteroatoms. The van der Waals surface area contributed by atoms with Crippen LogP contribution in [0, 0.1) is 5.41 Å². The molecule has 0 aromatic heterocycles. The Balaban J connectivity index is 4.03. The minimum absolute atomic E-state index is 0.0616. The van der Waals surface area contributed by atoms with Gasteiger partial charge in [-0.05, 0) is 40.5 Å². The molecule has 0 aromatic carbocycles. The molecule has 0 saturated heterocycles. The molecule has 0 atom stereocenters. The molecule has 0 heterocycles. The SMILES string of the molecule is CC(C)(CCC(=O)CCC(=O)CCC(C)(C)C(=O)O)OC=O. The monoisotopic (exact) mass is 314 g/mol. The Labute approximate surface area is 131 Å². The molecule has 1 N–H and O–H groups in total. The molecular weight excluding hydrogens is 288 g/mol. The fourth-order valence-electron chi connectivity index (χ4n) is 1.72. The minimum atomic E-state index is -0.936. The molecule has 22 heavy (non-hydrogen) atoms. The van der Waals surface area contributed by atoms with Gasteiger partial charge in [-0.15, -0.1) is 0 Å². The van der Waals surface area contributed by atoms with E-state index in [0.717, 1.165) is 0 Å². The smallest absolute Gasteiger partial charge is 0.309 e. The van der Waals surface area contributed by atoms with Crippen molar-refractivity contribution in [3.63, 3.8) is 0 Å². The maximum Gasteiger partial charge on any atom is 0.309 e. The first kappa shape index (κ1) is 20.3. The van der Waals surface area contributed by atoms with Crippen LogP contribution >= 0.6 is 0 Å². The summed E-state index contributed by atoms with van der Waals surface area (Å²) in [7, 11) is 0. The van der Waals surface area contributed by atoms with Crippen molar-refractivity contribution in [1.82, 2.24) is 0 Å². The number of carboxylic acid groups (broad SMARTS) is 1. The lowest BCUT2D eigenvalue weighted by Gasteiger charge is -2.21. The first-order chi connectivity index (χ1) is 10.00. The number of hydrogen-bond acceptors (Lipinski definition) is 5. The summed E-state index contributed by atoms with van der Waals surface area (Å²) in [6, 6.07) is 0. The predicted octanol–water partition coefficient (Wildman–Crippen LogP) is 2.53. The average Bonchev–Trinajstić information content (AvgIpc) is 2.40. The molecule has 0 amide bonds. The number of rotatable bonds is 12. The highest BCUT2D eigenvalue weighted by Crippen LogP contribution is 2.23. The van der Waals surface area contributed by atoms with Crippen LogP contribution in [0.2, 0.25) is 0 Å². The number of ketones is 2. The van der Waals surface area contributed by atoms with Crippen LogP contribution in [0.25, 0.3) is 0 Å². The van der Waals surface area contributed by atoms with E-state index in [1.54, 1.807) is 27.7 Å². The fourth-order valence-corrected chi connectivity index (χ4v) is 1.72. The van der Waals surface area contributed by atoms with Gasteiger partial charge >= 0.3 is 5.97 Å². The molecule has 0 radical (unpaired) electrons. The van der Waals surface area contributed by atoms with E-state index in [1.807, 2.05) is 0 Å². The van der Waals surface area contributed by atoms with Crippen molar-refractivity contribution >= 4 is 24.0 Å². The van der Waals surface area contributed by atoms with E-state index >= 15 is 0 Å². The van der Waals surface area contributed by atoms with Gasteiger partial charge in [0.15, 0.2) is 0 Å². The third-order valence-electron chi connectivity index (χ3n) is 3.66. The zero-order valence-corrected chi connectivity index (χ0v) is 13.8. The molecule has 0 aromatic rings. The Kier molecular flexibility index (Phi) is 7.98. The molecule has 0 unspecified atom stereocenters. The number of carbonyl (C=O) groups excluding carboxylic acids is 3. The normalized spacial score (nSPS) is 11.8. The summed E-state index contributed by atoms with van der Waals surface area (Å²) in [6.07, 6.45) is 1.34. The molecule has 0 rings (SSSR count). The highest BCUT2D eigenvalue weighted by molar-refractivity contribution is 5.86. The molecule has 0 fully saturated rings. The first-order valence-electron chi connectivity index (χ1n) is 7.38. The maximum absolute atomic E-state index is 11.7. The molecule has 0 aliphatic carbocycles. The van der Waals surface area contributed by atoms with Gasteiger partial charge in [0.05, 0.1) is 5.41 Å². The minimum Gasteiger partial charge on any atom is -0.481 e. The molecule has 0 aliphatic rings. The molecule has 126 valence electrons. The van der Waals surface area contributed by atoms with Crippen LogP contribution in [-0.4, -0.2) is 34.7 Å². The van der Waals surface area contributed by atoms with Crippen molar-refractivity contribution in [2.45, 2.75) is 71.8 Å². The number of carboxylic acids is 1. The van der Waals surface area contributed by atoms with Gasteiger partial charge in [0.25, 0.3) is 6.47 Å². The van der Waals surface area contributed by atoms with Crippen LogP contribution in [-0.2, 0) is 23.9 Å². The average molecular weight is 314 g/mol. The van der Waals surface area contributed by atoms with Crippen LogP contribution in [0.15, 0.2) is 0 Å². The van der Waals surface area contributed by atoms with Gasteiger partial charge in [0, 0.05) is 25.7 Å². The van der Waals surface area contributed by atoms with E-state index in [2.05, 4.69) is 0 Å². The number of Topliss-reactive ketones (excluding diaryl/α,β-unsaturated/α-hetero) is 2. The third kappa shape index (κ3) is 8.54. The van der Waals surface area contributed by atoms with Crippen molar-refractivity contribution in [3.05, 3.63) is 0 Å². The van der Waals surface area contributed by atoms with Crippen molar-refractivity contribution < 1.29 is 29.0 Å². The van der Waals surface area contributed by atoms with E-state index in [1.165, 1.54) is 0 Å². The summed E-state index contributed by atoms with van der Waals surface area (Å²) < 4.78 is 4.85. The lowest BCUT2D eigenvalue weighted by molar-refractivity contribution is -0.147. The second kappa shape index (κ2) is 8.66. The van der Waals surface area contributed by atoms with Gasteiger partial charge in [-0.25, -0.2) is 0 Å². The first-order valence-corrected chi connectivity index (χ1v) is 7.38. The number of hydrogen-bond donors (Lipinski definition) is 1. The molecule has 0 spiro atoms. The van der Waals surface area contributed by atoms with Crippen molar-refractivity contribution in [2.75, 3.05) is 0 Å². The van der Waals surface area contributed by atoms with Crippen LogP contribution in [0.4, 0.5) is 0 Å². The van der Waals surface area contributed by atoms with Crippen molar-refractivity contribution in [3.8, 4) is 0 Å². The standard InChI is InChI=1S/C16H26O6/c1-15(2,14(20)21)9-7-12(18)5-6-13(19)8-10-16(3,4)22-11-17/h11H,5-10H2,1-4H3,(H,20,21). The fraction of sp³-hybridized carbons (Fsp3) is 0.750.